The first-order valence-corrected chi connectivity index (χ1v) is 12.3. The summed E-state index contributed by atoms with van der Waals surface area (Å²) < 4.78 is 5.50. The van der Waals surface area contributed by atoms with Crippen molar-refractivity contribution in [2.75, 3.05) is 19.7 Å². The highest BCUT2D eigenvalue weighted by molar-refractivity contribution is 5.93. The van der Waals surface area contributed by atoms with Crippen molar-refractivity contribution >= 4 is 17.7 Å². The summed E-state index contributed by atoms with van der Waals surface area (Å²) in [5, 5.41) is 15.8. The number of benzene rings is 2. The Hall–Kier alpha value is -3.03. The molecule has 1 amide bonds. The lowest BCUT2D eigenvalue weighted by Gasteiger charge is -2.30. The van der Waals surface area contributed by atoms with Gasteiger partial charge in [-0.3, -0.25) is 14.9 Å². The van der Waals surface area contributed by atoms with Gasteiger partial charge < -0.3 is 15.2 Å². The number of hydrogen-bond acceptors (Lipinski definition) is 6. The minimum Gasteiger partial charge on any atom is -0.449 e. The van der Waals surface area contributed by atoms with Gasteiger partial charge in [0.25, 0.3) is 0 Å². The average molecular weight is 481 g/mol. The number of Topliss-reactive ketones (excluding diaryl/α,β-unsaturated/α-hetero) is 2. The second kappa shape index (κ2) is 11.1. The van der Waals surface area contributed by atoms with Crippen LogP contribution in [0.2, 0.25) is 0 Å². The molecule has 0 fully saturated rings. The van der Waals surface area contributed by atoms with Crippen LogP contribution in [0.5, 0.6) is 0 Å². The molecule has 3 rings (SSSR count). The highest BCUT2D eigenvalue weighted by atomic mass is 16.5. The average Bonchev–Trinajstić information content (AvgIpc) is 3.17. The summed E-state index contributed by atoms with van der Waals surface area (Å²) in [6.45, 7) is 6.71. The molecule has 1 aliphatic rings. The summed E-state index contributed by atoms with van der Waals surface area (Å²) in [6.07, 6.45) is 0.780. The van der Waals surface area contributed by atoms with Gasteiger partial charge in [0.05, 0.1) is 18.6 Å². The van der Waals surface area contributed by atoms with Crippen LogP contribution in [0, 0.1) is 0 Å². The molecule has 0 bridgehead atoms. The van der Waals surface area contributed by atoms with E-state index in [-0.39, 0.29) is 37.2 Å². The Morgan fingerprint density at radius 1 is 0.914 bits per heavy atom. The number of nitrogens with one attached hydrogen (secondary N) is 2. The topological polar surface area (TPSA) is 105 Å². The Labute approximate surface area is 207 Å². The van der Waals surface area contributed by atoms with Crippen molar-refractivity contribution < 1.29 is 24.2 Å². The number of amides is 1. The van der Waals surface area contributed by atoms with Crippen molar-refractivity contribution in [3.8, 4) is 11.1 Å². The Bertz CT molecular complexity index is 1040. The Kier molecular flexibility index (Phi) is 8.46. The minimum atomic E-state index is -1.43. The number of ketones is 2. The molecule has 0 aromatic heterocycles. The Balaban J connectivity index is 1.53. The molecule has 2 atom stereocenters. The van der Waals surface area contributed by atoms with Crippen molar-refractivity contribution in [2.24, 2.45) is 0 Å². The van der Waals surface area contributed by atoms with E-state index in [0.717, 1.165) is 22.3 Å². The van der Waals surface area contributed by atoms with Gasteiger partial charge in [0.1, 0.15) is 12.2 Å². The van der Waals surface area contributed by atoms with E-state index in [2.05, 4.69) is 22.8 Å². The Morgan fingerprint density at radius 2 is 1.49 bits per heavy atom. The number of hydrogen-bond donors (Lipinski definition) is 3. The number of rotatable bonds is 12. The summed E-state index contributed by atoms with van der Waals surface area (Å²) in [5.41, 5.74) is 2.06. The van der Waals surface area contributed by atoms with Gasteiger partial charge in [-0.1, -0.05) is 68.8 Å². The van der Waals surface area contributed by atoms with Crippen LogP contribution in [0.25, 0.3) is 11.1 Å². The first-order chi connectivity index (χ1) is 16.6. The smallest absolute Gasteiger partial charge is 0.407 e. The zero-order chi connectivity index (χ0) is 25.6. The molecule has 3 N–H and O–H groups in total. The standard InChI is InChI=1S/C28H36N2O5/c1-5-15-28(4,34)25(32)17-30-27(3,6-2)24(31)16-29-26(33)35-18-23-21-13-9-7-11-19(21)20-12-8-10-14-22(20)23/h7-14,23,30,34H,5-6,15-18H2,1-4H3,(H,29,33). The first-order valence-electron chi connectivity index (χ1n) is 12.3. The van der Waals surface area contributed by atoms with Gasteiger partial charge in [0.15, 0.2) is 11.6 Å². The molecule has 7 heteroatoms. The predicted octanol–water partition coefficient (Wildman–Crippen LogP) is 3.97. The maximum atomic E-state index is 12.9. The fraction of sp³-hybridized carbons (Fsp3) is 0.464. The first kappa shape index (κ1) is 26.6. The lowest BCUT2D eigenvalue weighted by molar-refractivity contribution is -0.136. The number of ether oxygens (including phenoxy) is 1. The molecule has 0 heterocycles. The van der Waals surface area contributed by atoms with Gasteiger partial charge in [0.2, 0.25) is 0 Å². The second-order valence-corrected chi connectivity index (χ2v) is 9.59. The molecular weight excluding hydrogens is 444 g/mol. The van der Waals surface area contributed by atoms with Crippen LogP contribution in [-0.4, -0.2) is 53.6 Å². The van der Waals surface area contributed by atoms with Gasteiger partial charge in [-0.25, -0.2) is 4.79 Å². The molecule has 7 nitrogen and oxygen atoms in total. The normalized spacial score (nSPS) is 15.9. The molecule has 2 aromatic carbocycles. The van der Waals surface area contributed by atoms with Crippen LogP contribution >= 0.6 is 0 Å². The highest BCUT2D eigenvalue weighted by Crippen LogP contribution is 2.44. The number of carbonyl (C=O) groups is 3. The summed E-state index contributed by atoms with van der Waals surface area (Å²) in [5.74, 6) is -0.693. The fourth-order valence-electron chi connectivity index (χ4n) is 4.51. The predicted molar refractivity (Wildman–Crippen MR) is 135 cm³/mol. The van der Waals surface area contributed by atoms with Crippen molar-refractivity contribution in [2.45, 2.75) is 64.0 Å². The van der Waals surface area contributed by atoms with Crippen molar-refractivity contribution in [3.63, 3.8) is 0 Å². The molecule has 2 unspecified atom stereocenters. The lowest BCUT2D eigenvalue weighted by Crippen LogP contribution is -2.56. The highest BCUT2D eigenvalue weighted by Gasteiger charge is 2.35. The molecule has 35 heavy (non-hydrogen) atoms. The maximum absolute atomic E-state index is 12.9. The third-order valence-corrected chi connectivity index (χ3v) is 7.04. The van der Waals surface area contributed by atoms with Crippen molar-refractivity contribution in [1.29, 1.82) is 0 Å². The number of fused-ring (bicyclic) bond motifs is 3. The molecule has 1 aliphatic carbocycles. The van der Waals surface area contributed by atoms with E-state index in [1.165, 1.54) is 6.92 Å². The largest absolute Gasteiger partial charge is 0.449 e. The van der Waals surface area contributed by atoms with Gasteiger partial charge in [0, 0.05) is 5.92 Å². The SMILES string of the molecule is CCCC(C)(O)C(=O)CNC(C)(CC)C(=O)CNC(=O)OCC1c2ccccc2-c2ccccc21. The maximum Gasteiger partial charge on any atom is 0.407 e. The van der Waals surface area contributed by atoms with Gasteiger partial charge in [-0.05, 0) is 48.9 Å². The van der Waals surface area contributed by atoms with Gasteiger partial charge in [-0.2, -0.15) is 0 Å². The zero-order valence-corrected chi connectivity index (χ0v) is 21.0. The molecule has 0 radical (unpaired) electrons. The third kappa shape index (κ3) is 5.97. The quantitative estimate of drug-likeness (QED) is 0.425. The van der Waals surface area contributed by atoms with Crippen molar-refractivity contribution in [3.05, 3.63) is 59.7 Å². The summed E-state index contributed by atoms with van der Waals surface area (Å²) in [4.78, 5) is 37.7. The molecule has 0 spiro atoms. The van der Waals surface area contributed by atoms with E-state index in [9.17, 15) is 19.5 Å². The second-order valence-electron chi connectivity index (χ2n) is 9.59. The summed E-state index contributed by atoms with van der Waals surface area (Å²) >= 11 is 0. The Morgan fingerprint density at radius 3 is 2.03 bits per heavy atom. The summed E-state index contributed by atoms with van der Waals surface area (Å²) in [7, 11) is 0. The van der Waals surface area contributed by atoms with Crippen LogP contribution in [0.1, 0.15) is 64.0 Å². The van der Waals surface area contributed by atoms with Crippen LogP contribution in [-0.2, 0) is 14.3 Å². The van der Waals surface area contributed by atoms with Crippen LogP contribution < -0.4 is 10.6 Å². The van der Waals surface area contributed by atoms with Crippen LogP contribution in [0.3, 0.4) is 0 Å². The third-order valence-electron chi connectivity index (χ3n) is 7.04. The number of aliphatic hydroxyl groups is 1. The van der Waals surface area contributed by atoms with E-state index in [0.29, 0.717) is 19.3 Å². The van der Waals surface area contributed by atoms with Crippen LogP contribution in [0.15, 0.2) is 48.5 Å². The van der Waals surface area contributed by atoms with E-state index in [1.807, 2.05) is 50.2 Å². The fourth-order valence-corrected chi connectivity index (χ4v) is 4.51. The number of alkyl carbamates (subject to hydrolysis) is 1. The lowest BCUT2D eigenvalue weighted by atomic mass is 9.90. The van der Waals surface area contributed by atoms with Gasteiger partial charge >= 0.3 is 6.09 Å². The molecule has 0 aliphatic heterocycles. The summed E-state index contributed by atoms with van der Waals surface area (Å²) in [6, 6.07) is 16.2. The molecule has 2 aromatic rings. The molecular formula is C28H36N2O5. The molecule has 0 saturated carbocycles. The zero-order valence-electron chi connectivity index (χ0n) is 21.0. The monoisotopic (exact) mass is 480 g/mol. The van der Waals surface area contributed by atoms with Crippen LogP contribution in [0.4, 0.5) is 4.79 Å². The van der Waals surface area contributed by atoms with E-state index in [1.54, 1.807) is 6.92 Å². The van der Waals surface area contributed by atoms with E-state index >= 15 is 0 Å². The minimum absolute atomic E-state index is 0.0617. The van der Waals surface area contributed by atoms with E-state index in [4.69, 9.17) is 4.74 Å². The molecule has 0 saturated heterocycles. The number of carbonyl (C=O) groups excluding carboxylic acids is 3. The van der Waals surface area contributed by atoms with Crippen molar-refractivity contribution in [1.82, 2.24) is 10.6 Å². The van der Waals surface area contributed by atoms with Gasteiger partial charge in [-0.15, -0.1) is 0 Å². The van der Waals surface area contributed by atoms with E-state index < -0.39 is 17.2 Å². The molecule has 188 valence electrons.